The van der Waals surface area contributed by atoms with Crippen LogP contribution in [0.1, 0.15) is 57.6 Å². The molecule has 0 amide bonds. The fraction of sp³-hybridized carbons (Fsp3) is 0.684. The van der Waals surface area contributed by atoms with Gasteiger partial charge in [0.15, 0.2) is 0 Å². The monoisotopic (exact) mass is 287 g/mol. The van der Waals surface area contributed by atoms with Crippen LogP contribution in [0.3, 0.4) is 0 Å². The molecule has 2 saturated carbocycles. The van der Waals surface area contributed by atoms with E-state index in [1.807, 2.05) is 0 Å². The van der Waals surface area contributed by atoms with E-state index in [1.54, 1.807) is 7.11 Å². The van der Waals surface area contributed by atoms with Gasteiger partial charge >= 0.3 is 0 Å². The molecule has 116 valence electrons. The number of rotatable bonds is 5. The summed E-state index contributed by atoms with van der Waals surface area (Å²) in [7, 11) is 1.73. The van der Waals surface area contributed by atoms with Crippen LogP contribution >= 0.6 is 0 Å². The molecule has 2 fully saturated rings. The van der Waals surface area contributed by atoms with Crippen LogP contribution in [0, 0.1) is 17.8 Å². The lowest BCUT2D eigenvalue weighted by Crippen LogP contribution is -2.39. The van der Waals surface area contributed by atoms with Crippen LogP contribution in [0.25, 0.3) is 0 Å². The van der Waals surface area contributed by atoms with Crippen LogP contribution in [0.4, 0.5) is 0 Å². The normalized spacial score (nSPS) is 30.9. The molecule has 0 bridgehead atoms. The third-order valence-corrected chi connectivity index (χ3v) is 5.16. The molecule has 0 radical (unpaired) electrons. The van der Waals surface area contributed by atoms with Crippen LogP contribution in [-0.4, -0.2) is 13.2 Å². The van der Waals surface area contributed by atoms with Crippen molar-refractivity contribution in [3.05, 3.63) is 29.8 Å². The molecule has 21 heavy (non-hydrogen) atoms. The van der Waals surface area contributed by atoms with Crippen LogP contribution in [-0.2, 0) is 0 Å². The van der Waals surface area contributed by atoms with E-state index in [0.717, 1.165) is 23.5 Å². The van der Waals surface area contributed by atoms with Gasteiger partial charge in [-0.3, -0.25) is 0 Å². The molecule has 0 saturated heterocycles. The molecule has 1 aromatic rings. The molecule has 2 aliphatic carbocycles. The molecular weight excluding hydrogens is 258 g/mol. The van der Waals surface area contributed by atoms with Gasteiger partial charge in [-0.1, -0.05) is 26.0 Å². The molecule has 2 aliphatic rings. The van der Waals surface area contributed by atoms with Crippen molar-refractivity contribution in [3.8, 4) is 5.75 Å². The van der Waals surface area contributed by atoms with Crippen LogP contribution in [0.2, 0.25) is 0 Å². The lowest BCUT2D eigenvalue weighted by molar-refractivity contribution is 0.220. The Kier molecular flexibility index (Phi) is 4.54. The fourth-order valence-corrected chi connectivity index (χ4v) is 4.08. The molecular formula is C19H29NO. The minimum Gasteiger partial charge on any atom is -0.497 e. The Hall–Kier alpha value is -1.02. The predicted octanol–water partition coefficient (Wildman–Crippen LogP) is 4.56. The highest BCUT2D eigenvalue weighted by atomic mass is 16.5. The zero-order chi connectivity index (χ0) is 14.8. The first kappa shape index (κ1) is 14.9. The highest BCUT2D eigenvalue weighted by Gasteiger charge is 2.35. The molecule has 0 spiro atoms. The lowest BCUT2D eigenvalue weighted by Gasteiger charge is -2.35. The zero-order valence-corrected chi connectivity index (χ0v) is 13.6. The molecule has 0 aromatic heterocycles. The maximum Gasteiger partial charge on any atom is 0.118 e. The highest BCUT2D eigenvalue weighted by molar-refractivity contribution is 5.30. The summed E-state index contributed by atoms with van der Waals surface area (Å²) < 4.78 is 5.28. The van der Waals surface area contributed by atoms with E-state index < -0.39 is 0 Å². The van der Waals surface area contributed by atoms with E-state index in [4.69, 9.17) is 4.74 Å². The lowest BCUT2D eigenvalue weighted by atomic mass is 9.80. The maximum atomic E-state index is 5.28. The van der Waals surface area contributed by atoms with Crippen LogP contribution in [0.15, 0.2) is 24.3 Å². The summed E-state index contributed by atoms with van der Waals surface area (Å²) in [4.78, 5) is 0. The van der Waals surface area contributed by atoms with Crippen molar-refractivity contribution in [2.45, 2.75) is 58.0 Å². The first-order valence-electron chi connectivity index (χ1n) is 8.55. The Bertz CT molecular complexity index is 441. The van der Waals surface area contributed by atoms with Gasteiger partial charge in [-0.25, -0.2) is 0 Å². The number of benzene rings is 1. The van der Waals surface area contributed by atoms with Gasteiger partial charge in [0.05, 0.1) is 7.11 Å². The van der Waals surface area contributed by atoms with E-state index >= 15 is 0 Å². The standard InChI is InChI=1S/C19H29NO/c1-13-10-14(2)12-17(11-13)20-19(15-4-5-15)16-6-8-18(21-3)9-7-16/h6-9,13-15,17,19-20H,4-5,10-12H2,1-3H3. The first-order valence-corrected chi connectivity index (χ1v) is 8.55. The van der Waals surface area contributed by atoms with Crippen molar-refractivity contribution in [2.75, 3.05) is 7.11 Å². The molecule has 3 atom stereocenters. The predicted molar refractivity (Wildman–Crippen MR) is 87.6 cm³/mol. The van der Waals surface area contributed by atoms with Crippen molar-refractivity contribution in [1.29, 1.82) is 0 Å². The van der Waals surface area contributed by atoms with Crippen molar-refractivity contribution in [2.24, 2.45) is 17.8 Å². The van der Waals surface area contributed by atoms with Gasteiger partial charge in [-0.05, 0) is 67.6 Å². The summed E-state index contributed by atoms with van der Waals surface area (Å²) >= 11 is 0. The Balaban J connectivity index is 1.69. The minimum atomic E-state index is 0.540. The molecule has 2 nitrogen and oxygen atoms in total. The van der Waals surface area contributed by atoms with Gasteiger partial charge in [-0.2, -0.15) is 0 Å². The molecule has 3 unspecified atom stereocenters. The number of hydrogen-bond acceptors (Lipinski definition) is 2. The zero-order valence-electron chi connectivity index (χ0n) is 13.6. The molecule has 1 aromatic carbocycles. The van der Waals surface area contributed by atoms with E-state index in [1.165, 1.54) is 37.7 Å². The smallest absolute Gasteiger partial charge is 0.118 e. The Morgan fingerprint density at radius 2 is 1.62 bits per heavy atom. The quantitative estimate of drug-likeness (QED) is 0.857. The van der Waals surface area contributed by atoms with E-state index in [9.17, 15) is 0 Å². The number of hydrogen-bond donors (Lipinski definition) is 1. The fourth-order valence-electron chi connectivity index (χ4n) is 4.08. The van der Waals surface area contributed by atoms with Gasteiger partial charge in [0, 0.05) is 12.1 Å². The summed E-state index contributed by atoms with van der Waals surface area (Å²) in [5.74, 6) is 3.52. The average Bonchev–Trinajstić information content (AvgIpc) is 3.28. The van der Waals surface area contributed by atoms with Gasteiger partial charge in [0.2, 0.25) is 0 Å². The second-order valence-corrected chi connectivity index (χ2v) is 7.37. The first-order chi connectivity index (χ1) is 10.2. The van der Waals surface area contributed by atoms with Crippen molar-refractivity contribution >= 4 is 0 Å². The summed E-state index contributed by atoms with van der Waals surface area (Å²) in [6.45, 7) is 4.81. The number of methoxy groups -OCH3 is 1. The Labute approximate surface area is 129 Å². The largest absolute Gasteiger partial charge is 0.497 e. The summed E-state index contributed by atoms with van der Waals surface area (Å²) in [6.07, 6.45) is 6.82. The molecule has 0 aliphatic heterocycles. The number of nitrogens with one attached hydrogen (secondary N) is 1. The van der Waals surface area contributed by atoms with Crippen LogP contribution < -0.4 is 10.1 Å². The van der Waals surface area contributed by atoms with Gasteiger partial charge in [0.25, 0.3) is 0 Å². The average molecular weight is 287 g/mol. The second-order valence-electron chi connectivity index (χ2n) is 7.37. The summed E-state index contributed by atoms with van der Waals surface area (Å²) in [5, 5.41) is 3.99. The SMILES string of the molecule is COc1ccc(C(NC2CC(C)CC(C)C2)C2CC2)cc1. The third-order valence-electron chi connectivity index (χ3n) is 5.16. The van der Waals surface area contributed by atoms with Crippen molar-refractivity contribution in [3.63, 3.8) is 0 Å². The van der Waals surface area contributed by atoms with Crippen LogP contribution in [0.5, 0.6) is 5.75 Å². The maximum absolute atomic E-state index is 5.28. The summed E-state index contributed by atoms with van der Waals surface area (Å²) in [5.41, 5.74) is 1.43. The van der Waals surface area contributed by atoms with E-state index in [0.29, 0.717) is 12.1 Å². The molecule has 1 N–H and O–H groups in total. The second kappa shape index (κ2) is 6.39. The molecule has 2 heteroatoms. The summed E-state index contributed by atoms with van der Waals surface area (Å²) in [6, 6.07) is 9.90. The molecule has 3 rings (SSSR count). The van der Waals surface area contributed by atoms with Gasteiger partial charge in [0.1, 0.15) is 5.75 Å². The van der Waals surface area contributed by atoms with Gasteiger partial charge in [-0.15, -0.1) is 0 Å². The number of ether oxygens (including phenoxy) is 1. The van der Waals surface area contributed by atoms with Gasteiger partial charge < -0.3 is 10.1 Å². The van der Waals surface area contributed by atoms with E-state index in [2.05, 4.69) is 43.4 Å². The topological polar surface area (TPSA) is 21.3 Å². The molecule has 0 heterocycles. The van der Waals surface area contributed by atoms with Crippen molar-refractivity contribution in [1.82, 2.24) is 5.32 Å². The third kappa shape index (κ3) is 3.79. The van der Waals surface area contributed by atoms with E-state index in [-0.39, 0.29) is 0 Å². The highest BCUT2D eigenvalue weighted by Crippen LogP contribution is 2.42. The Morgan fingerprint density at radius 3 is 2.14 bits per heavy atom. The minimum absolute atomic E-state index is 0.540. The van der Waals surface area contributed by atoms with Crippen molar-refractivity contribution < 1.29 is 4.74 Å². The Morgan fingerprint density at radius 1 is 1.00 bits per heavy atom.